The molecule has 0 aliphatic carbocycles. The molecule has 1 atom stereocenters. The van der Waals surface area contributed by atoms with Crippen molar-refractivity contribution < 1.29 is 4.74 Å². The Morgan fingerprint density at radius 1 is 1.26 bits per heavy atom. The number of unbranched alkanes of at least 4 members (excludes halogenated alkanes) is 2. The number of rotatable bonds is 5. The number of benzene rings is 1. The van der Waals surface area contributed by atoms with Crippen LogP contribution in [-0.2, 0) is 4.74 Å². The van der Waals surface area contributed by atoms with Gasteiger partial charge in [0.15, 0.2) is 0 Å². The maximum atomic E-state index is 6.04. The van der Waals surface area contributed by atoms with Crippen molar-refractivity contribution in [2.24, 2.45) is 0 Å². The second-order valence-corrected chi connectivity index (χ2v) is 5.14. The van der Waals surface area contributed by atoms with Crippen LogP contribution in [-0.4, -0.2) is 6.10 Å². The monoisotopic (exact) mass is 256 g/mol. The van der Waals surface area contributed by atoms with Gasteiger partial charge in [-0.2, -0.15) is 0 Å². The summed E-state index contributed by atoms with van der Waals surface area (Å²) in [7, 11) is 0. The summed E-state index contributed by atoms with van der Waals surface area (Å²) < 4.78 is 6.04. The predicted molar refractivity (Wildman–Crippen MR) is 81.8 cm³/mol. The van der Waals surface area contributed by atoms with Gasteiger partial charge in [-0.15, -0.1) is 0 Å². The van der Waals surface area contributed by atoms with Crippen LogP contribution in [0.25, 0.3) is 6.08 Å². The molecule has 1 nitrogen and oxygen atoms in total. The molecule has 1 fully saturated rings. The first-order chi connectivity index (χ1) is 9.38. The van der Waals surface area contributed by atoms with Crippen LogP contribution in [0.4, 0.5) is 0 Å². The van der Waals surface area contributed by atoms with Gasteiger partial charge in [0, 0.05) is 6.42 Å². The van der Waals surface area contributed by atoms with Gasteiger partial charge in [-0.1, -0.05) is 56.2 Å². The molecule has 0 amide bonds. The first-order valence-electron chi connectivity index (χ1n) is 7.47. The lowest BCUT2D eigenvalue weighted by atomic mass is 10.0. The Kier molecular flexibility index (Phi) is 5.74. The van der Waals surface area contributed by atoms with Crippen LogP contribution < -0.4 is 0 Å². The van der Waals surface area contributed by atoms with Crippen molar-refractivity contribution in [1.82, 2.24) is 0 Å². The molecule has 0 spiro atoms. The Hall–Kier alpha value is -1.50. The van der Waals surface area contributed by atoms with E-state index in [9.17, 15) is 0 Å². The summed E-state index contributed by atoms with van der Waals surface area (Å²) in [5.41, 5.74) is 1.23. The van der Waals surface area contributed by atoms with E-state index in [0.717, 1.165) is 18.6 Å². The summed E-state index contributed by atoms with van der Waals surface area (Å²) in [5.74, 6) is 1.13. The number of hydrogen-bond donors (Lipinski definition) is 0. The van der Waals surface area contributed by atoms with Crippen LogP contribution in [0.1, 0.15) is 51.0 Å². The maximum absolute atomic E-state index is 6.04. The van der Waals surface area contributed by atoms with Gasteiger partial charge in [0.25, 0.3) is 0 Å². The minimum absolute atomic E-state index is 0.278. The van der Waals surface area contributed by atoms with Crippen molar-refractivity contribution in [1.29, 1.82) is 0 Å². The Morgan fingerprint density at radius 2 is 2.11 bits per heavy atom. The summed E-state index contributed by atoms with van der Waals surface area (Å²) in [4.78, 5) is 0. The fraction of sp³-hybridized carbons (Fsp3) is 0.444. The van der Waals surface area contributed by atoms with E-state index in [1.165, 1.54) is 31.2 Å². The molecule has 1 heteroatoms. The topological polar surface area (TPSA) is 9.23 Å². The fourth-order valence-electron chi connectivity index (χ4n) is 2.34. The minimum Gasteiger partial charge on any atom is -0.491 e. The summed E-state index contributed by atoms with van der Waals surface area (Å²) in [6.45, 7) is 2.23. The van der Waals surface area contributed by atoms with Gasteiger partial charge < -0.3 is 4.74 Å². The Morgan fingerprint density at radius 3 is 2.89 bits per heavy atom. The van der Waals surface area contributed by atoms with E-state index in [2.05, 4.69) is 49.4 Å². The molecule has 102 valence electrons. The molecule has 1 unspecified atom stereocenters. The summed E-state index contributed by atoms with van der Waals surface area (Å²) in [5, 5.41) is 0. The lowest BCUT2D eigenvalue weighted by molar-refractivity contribution is 0.111. The van der Waals surface area contributed by atoms with Crippen molar-refractivity contribution in [2.45, 2.75) is 51.6 Å². The highest BCUT2D eigenvalue weighted by Crippen LogP contribution is 2.24. The lowest BCUT2D eigenvalue weighted by Crippen LogP contribution is -2.15. The zero-order valence-electron chi connectivity index (χ0n) is 11.8. The first kappa shape index (κ1) is 13.9. The average Bonchev–Trinajstić information content (AvgIpc) is 2.45. The predicted octanol–water partition coefficient (Wildman–Crippen LogP) is 5.34. The van der Waals surface area contributed by atoms with Crippen molar-refractivity contribution in [3.63, 3.8) is 0 Å². The van der Waals surface area contributed by atoms with Crippen molar-refractivity contribution in [3.8, 4) is 0 Å². The highest BCUT2D eigenvalue weighted by molar-refractivity contribution is 5.51. The average molecular weight is 256 g/mol. The van der Waals surface area contributed by atoms with E-state index < -0.39 is 0 Å². The minimum atomic E-state index is 0.278. The second-order valence-electron chi connectivity index (χ2n) is 5.14. The normalized spacial score (nSPS) is 21.7. The van der Waals surface area contributed by atoms with E-state index in [4.69, 9.17) is 4.74 Å². The second kappa shape index (κ2) is 7.83. The smallest absolute Gasteiger partial charge is 0.116 e. The molecule has 2 rings (SSSR count). The number of allylic oxidation sites excluding steroid dienone is 2. The van der Waals surface area contributed by atoms with Crippen LogP contribution in [0, 0.1) is 0 Å². The van der Waals surface area contributed by atoms with Crippen LogP contribution in [0.2, 0.25) is 0 Å². The number of hydrogen-bond acceptors (Lipinski definition) is 1. The van der Waals surface area contributed by atoms with E-state index in [-0.39, 0.29) is 6.10 Å². The van der Waals surface area contributed by atoms with Crippen molar-refractivity contribution >= 4 is 6.08 Å². The van der Waals surface area contributed by atoms with Crippen molar-refractivity contribution in [2.75, 3.05) is 0 Å². The Balaban J connectivity index is 1.90. The van der Waals surface area contributed by atoms with Gasteiger partial charge in [0.05, 0.1) is 5.76 Å². The highest BCUT2D eigenvalue weighted by Gasteiger charge is 2.14. The van der Waals surface area contributed by atoms with Crippen molar-refractivity contribution in [3.05, 3.63) is 53.8 Å². The molecular formula is C18H24O. The Bertz CT molecular complexity index is 417. The SMILES string of the molecule is CCCC/C=C/C1CCC/C(=C\c2ccccc2)O1. The first-order valence-corrected chi connectivity index (χ1v) is 7.47. The van der Waals surface area contributed by atoms with E-state index >= 15 is 0 Å². The third-order valence-corrected chi connectivity index (χ3v) is 3.42. The zero-order valence-corrected chi connectivity index (χ0v) is 11.8. The molecule has 1 aliphatic rings. The third-order valence-electron chi connectivity index (χ3n) is 3.42. The fourth-order valence-corrected chi connectivity index (χ4v) is 2.34. The third kappa shape index (κ3) is 4.94. The summed E-state index contributed by atoms with van der Waals surface area (Å²) in [6, 6.07) is 10.4. The molecule has 19 heavy (non-hydrogen) atoms. The molecule has 0 radical (unpaired) electrons. The maximum Gasteiger partial charge on any atom is 0.116 e. The summed E-state index contributed by atoms with van der Waals surface area (Å²) >= 11 is 0. The molecule has 0 saturated carbocycles. The molecule has 0 bridgehead atoms. The Labute approximate surface area is 117 Å². The van der Waals surface area contributed by atoms with Crippen LogP contribution in [0.3, 0.4) is 0 Å². The number of ether oxygens (including phenoxy) is 1. The molecule has 0 N–H and O–H groups in total. The zero-order chi connectivity index (χ0) is 13.3. The van der Waals surface area contributed by atoms with Crippen LogP contribution >= 0.6 is 0 Å². The highest BCUT2D eigenvalue weighted by atomic mass is 16.5. The van der Waals surface area contributed by atoms with Gasteiger partial charge in [0.2, 0.25) is 0 Å². The van der Waals surface area contributed by atoms with Gasteiger partial charge in [-0.3, -0.25) is 0 Å². The van der Waals surface area contributed by atoms with Crippen LogP contribution in [0.5, 0.6) is 0 Å². The quantitative estimate of drug-likeness (QED) is 0.510. The molecule has 1 saturated heterocycles. The standard InChI is InChI=1S/C18H24O/c1-2-3-4-8-12-17-13-9-14-18(19-17)15-16-10-6-5-7-11-16/h5-8,10-12,15,17H,2-4,9,13-14H2,1H3/b12-8+,18-15+. The lowest BCUT2D eigenvalue weighted by Gasteiger charge is -2.23. The van der Waals surface area contributed by atoms with E-state index in [0.29, 0.717) is 0 Å². The van der Waals surface area contributed by atoms with Crippen LogP contribution in [0.15, 0.2) is 48.2 Å². The molecule has 1 aliphatic heterocycles. The van der Waals surface area contributed by atoms with E-state index in [1.54, 1.807) is 0 Å². The molecular weight excluding hydrogens is 232 g/mol. The largest absolute Gasteiger partial charge is 0.491 e. The van der Waals surface area contributed by atoms with Gasteiger partial charge >= 0.3 is 0 Å². The van der Waals surface area contributed by atoms with Gasteiger partial charge in [-0.25, -0.2) is 0 Å². The summed E-state index contributed by atoms with van der Waals surface area (Å²) in [6.07, 6.45) is 14.1. The van der Waals surface area contributed by atoms with Gasteiger partial charge in [0.1, 0.15) is 6.10 Å². The van der Waals surface area contributed by atoms with E-state index in [1.807, 2.05) is 6.07 Å². The molecule has 0 aromatic heterocycles. The molecule has 1 aromatic rings. The molecule has 1 aromatic carbocycles. The van der Waals surface area contributed by atoms with Gasteiger partial charge in [-0.05, 0) is 37.0 Å². The molecule has 1 heterocycles.